The van der Waals surface area contributed by atoms with E-state index in [1.54, 1.807) is 0 Å². The molecule has 0 aliphatic carbocycles. The van der Waals surface area contributed by atoms with Gasteiger partial charge in [0.15, 0.2) is 0 Å². The summed E-state index contributed by atoms with van der Waals surface area (Å²) in [6, 6.07) is 25.6. The number of fused-ring (bicyclic) bond motifs is 1. The smallest absolute Gasteiger partial charge is 0.137 e. The molecule has 0 spiro atoms. The number of nitrogens with one attached hydrogen (secondary N) is 2. The van der Waals surface area contributed by atoms with E-state index in [9.17, 15) is 5.26 Å². The maximum atomic E-state index is 9.83. The Morgan fingerprint density at radius 1 is 0.917 bits per heavy atom. The highest BCUT2D eigenvalue weighted by molar-refractivity contribution is 5.98. The first-order valence-electron chi connectivity index (χ1n) is 12.8. The highest BCUT2D eigenvalue weighted by atomic mass is 16.5. The van der Waals surface area contributed by atoms with Crippen molar-refractivity contribution in [3.8, 4) is 34.2 Å². The average molecular weight is 479 g/mol. The number of ether oxygens (including phenoxy) is 2. The molecule has 0 unspecified atom stereocenters. The number of benzene rings is 3. The lowest BCUT2D eigenvalue weighted by Crippen LogP contribution is -2.43. The first-order chi connectivity index (χ1) is 17.8. The first kappa shape index (κ1) is 22.7. The van der Waals surface area contributed by atoms with Crippen LogP contribution in [0.1, 0.15) is 18.4 Å². The second kappa shape index (κ2) is 10.1. The highest BCUT2D eigenvalue weighted by Gasteiger charge is 2.18. The minimum atomic E-state index is 0.102. The average Bonchev–Trinajstić information content (AvgIpc) is 3.39. The monoisotopic (exact) mass is 478 g/mol. The molecule has 2 aliphatic rings. The van der Waals surface area contributed by atoms with Gasteiger partial charge in [0.25, 0.3) is 0 Å². The Morgan fingerprint density at radius 2 is 1.69 bits per heavy atom. The number of hydrogen-bond acceptors (Lipinski definition) is 5. The summed E-state index contributed by atoms with van der Waals surface area (Å²) >= 11 is 0. The Morgan fingerprint density at radius 3 is 2.47 bits per heavy atom. The van der Waals surface area contributed by atoms with Crippen molar-refractivity contribution in [2.75, 3.05) is 44.3 Å². The van der Waals surface area contributed by atoms with Crippen molar-refractivity contribution in [1.29, 1.82) is 5.26 Å². The van der Waals surface area contributed by atoms with E-state index in [0.29, 0.717) is 24.5 Å². The van der Waals surface area contributed by atoms with Crippen LogP contribution >= 0.6 is 0 Å². The van der Waals surface area contributed by atoms with Crippen LogP contribution in [0.4, 0.5) is 5.69 Å². The van der Waals surface area contributed by atoms with E-state index in [1.807, 2.05) is 12.1 Å². The van der Waals surface area contributed by atoms with Gasteiger partial charge in [-0.15, -0.1) is 0 Å². The molecule has 0 amide bonds. The van der Waals surface area contributed by atoms with Gasteiger partial charge >= 0.3 is 0 Å². The van der Waals surface area contributed by atoms with Crippen LogP contribution in [-0.4, -0.2) is 50.5 Å². The number of H-pyrrole nitrogens is 1. The maximum absolute atomic E-state index is 9.83. The zero-order chi connectivity index (χ0) is 24.3. The van der Waals surface area contributed by atoms with Gasteiger partial charge in [-0.25, -0.2) is 0 Å². The Balaban J connectivity index is 1.29. The molecule has 6 rings (SSSR count). The fourth-order valence-electron chi connectivity index (χ4n) is 5.20. The summed E-state index contributed by atoms with van der Waals surface area (Å²) in [6.45, 7) is 5.56. The highest BCUT2D eigenvalue weighted by Crippen LogP contribution is 2.35. The number of nitrogens with zero attached hydrogens (tertiary/aromatic N) is 2. The quantitative estimate of drug-likeness (QED) is 0.405. The number of aromatic nitrogens is 1. The van der Waals surface area contributed by atoms with Crippen LogP contribution in [0, 0.1) is 11.3 Å². The summed E-state index contributed by atoms with van der Waals surface area (Å²) in [5.74, 6) is 0.652. The normalized spacial score (nSPS) is 16.7. The van der Waals surface area contributed by atoms with Crippen LogP contribution < -0.4 is 15.0 Å². The minimum absolute atomic E-state index is 0.102. The SMILES string of the molecule is N#Cc1cc(-c2cccc3[nH]c(-c4ccc(N5CCNCC5)cc4)cc23)ccc1OC1CCOCC1. The van der Waals surface area contributed by atoms with Gasteiger partial charge in [0.05, 0.1) is 18.8 Å². The fraction of sp³-hybridized carbons (Fsp3) is 0.300. The predicted octanol–water partition coefficient (Wildman–Crippen LogP) is 5.34. The van der Waals surface area contributed by atoms with E-state index >= 15 is 0 Å². The van der Waals surface area contributed by atoms with Crippen molar-refractivity contribution in [2.24, 2.45) is 0 Å². The minimum Gasteiger partial charge on any atom is -0.489 e. The van der Waals surface area contributed by atoms with E-state index in [-0.39, 0.29) is 6.10 Å². The molecule has 6 heteroatoms. The van der Waals surface area contributed by atoms with Gasteiger partial charge in [0.2, 0.25) is 0 Å². The Hall–Kier alpha value is -3.79. The molecule has 2 saturated heterocycles. The molecule has 1 aromatic heterocycles. The Labute approximate surface area is 211 Å². The van der Waals surface area contributed by atoms with Crippen molar-refractivity contribution in [2.45, 2.75) is 18.9 Å². The third-order valence-corrected chi connectivity index (χ3v) is 7.20. The number of piperazine rings is 1. The van der Waals surface area contributed by atoms with Crippen molar-refractivity contribution >= 4 is 16.6 Å². The zero-order valence-corrected chi connectivity index (χ0v) is 20.3. The van der Waals surface area contributed by atoms with Crippen LogP contribution in [0.25, 0.3) is 33.3 Å². The van der Waals surface area contributed by atoms with Crippen molar-refractivity contribution < 1.29 is 9.47 Å². The summed E-state index contributed by atoms with van der Waals surface area (Å²) in [5.41, 5.74) is 7.27. The van der Waals surface area contributed by atoms with Gasteiger partial charge in [-0.3, -0.25) is 0 Å². The van der Waals surface area contributed by atoms with Crippen LogP contribution in [0.3, 0.4) is 0 Å². The van der Waals surface area contributed by atoms with Crippen LogP contribution in [0.2, 0.25) is 0 Å². The van der Waals surface area contributed by atoms with E-state index in [1.165, 1.54) is 5.69 Å². The van der Waals surface area contributed by atoms with Crippen molar-refractivity contribution in [3.63, 3.8) is 0 Å². The molecular formula is C30H30N4O2. The molecule has 3 aromatic carbocycles. The molecule has 0 saturated carbocycles. The zero-order valence-electron chi connectivity index (χ0n) is 20.3. The van der Waals surface area contributed by atoms with Gasteiger partial charge < -0.3 is 24.7 Å². The van der Waals surface area contributed by atoms with Crippen LogP contribution in [-0.2, 0) is 4.74 Å². The summed E-state index contributed by atoms with van der Waals surface area (Å²) < 4.78 is 11.6. The summed E-state index contributed by atoms with van der Waals surface area (Å²) in [5, 5.41) is 14.4. The maximum Gasteiger partial charge on any atom is 0.137 e. The lowest BCUT2D eigenvalue weighted by atomic mass is 9.99. The Kier molecular flexibility index (Phi) is 6.33. The first-order valence-corrected chi connectivity index (χ1v) is 12.8. The number of nitriles is 1. The molecule has 0 radical (unpaired) electrons. The Bertz CT molecular complexity index is 1390. The summed E-state index contributed by atoms with van der Waals surface area (Å²) in [4.78, 5) is 6.01. The van der Waals surface area contributed by atoms with Crippen molar-refractivity contribution in [3.05, 3.63) is 72.3 Å². The number of rotatable bonds is 5. The summed E-state index contributed by atoms with van der Waals surface area (Å²) in [7, 11) is 0. The lowest BCUT2D eigenvalue weighted by molar-refractivity contribution is 0.0254. The van der Waals surface area contributed by atoms with Crippen molar-refractivity contribution in [1.82, 2.24) is 10.3 Å². The molecular weight excluding hydrogens is 448 g/mol. The lowest BCUT2D eigenvalue weighted by Gasteiger charge is -2.29. The third-order valence-electron chi connectivity index (χ3n) is 7.20. The standard InChI is InChI=1S/C30H30N4O2/c31-20-23-18-22(6-9-30(23)36-25-10-16-35-17-11-25)26-2-1-3-28-27(26)19-29(33-28)21-4-7-24(8-5-21)34-14-12-32-13-15-34/h1-9,18-19,25,32-33H,10-17H2. The molecule has 2 fully saturated rings. The molecule has 6 nitrogen and oxygen atoms in total. The molecule has 0 atom stereocenters. The van der Waals surface area contributed by atoms with Crippen LogP contribution in [0.5, 0.6) is 5.75 Å². The van der Waals surface area contributed by atoms with Gasteiger partial charge in [-0.05, 0) is 53.1 Å². The van der Waals surface area contributed by atoms with Gasteiger partial charge in [-0.2, -0.15) is 5.26 Å². The number of hydrogen-bond donors (Lipinski definition) is 2. The third kappa shape index (κ3) is 4.56. The predicted molar refractivity (Wildman–Crippen MR) is 143 cm³/mol. The topological polar surface area (TPSA) is 73.3 Å². The molecule has 4 aromatic rings. The van der Waals surface area contributed by atoms with E-state index in [2.05, 4.69) is 75.9 Å². The molecule has 3 heterocycles. The van der Waals surface area contributed by atoms with E-state index in [4.69, 9.17) is 9.47 Å². The van der Waals surface area contributed by atoms with Gasteiger partial charge in [0.1, 0.15) is 17.9 Å². The molecule has 36 heavy (non-hydrogen) atoms. The second-order valence-corrected chi connectivity index (χ2v) is 9.49. The number of anilines is 1. The van der Waals surface area contributed by atoms with Gasteiger partial charge in [-0.1, -0.05) is 30.3 Å². The molecule has 2 aliphatic heterocycles. The molecule has 0 bridgehead atoms. The van der Waals surface area contributed by atoms with Gasteiger partial charge in [0, 0.05) is 61.3 Å². The van der Waals surface area contributed by atoms with E-state index in [0.717, 1.165) is 72.3 Å². The molecule has 182 valence electrons. The largest absolute Gasteiger partial charge is 0.489 e. The fourth-order valence-corrected chi connectivity index (χ4v) is 5.20. The summed E-state index contributed by atoms with van der Waals surface area (Å²) in [6.07, 6.45) is 1.81. The van der Waals surface area contributed by atoms with Crippen LogP contribution in [0.15, 0.2) is 66.7 Å². The van der Waals surface area contributed by atoms with E-state index < -0.39 is 0 Å². The number of aromatic amines is 1. The molecule has 2 N–H and O–H groups in total. The second-order valence-electron chi connectivity index (χ2n) is 9.49.